The molecule has 0 N–H and O–H groups in total. The van der Waals surface area contributed by atoms with Gasteiger partial charge in [-0.25, -0.2) is 0 Å². The first-order chi connectivity index (χ1) is 6.20. The van der Waals surface area contributed by atoms with Crippen LogP contribution in [0.3, 0.4) is 0 Å². The molecule has 0 spiro atoms. The van der Waals surface area contributed by atoms with Gasteiger partial charge in [-0.15, -0.1) is 0 Å². The van der Waals surface area contributed by atoms with Gasteiger partial charge in [0, 0.05) is 12.4 Å². The third-order valence-electron chi connectivity index (χ3n) is 1.01. The summed E-state index contributed by atoms with van der Waals surface area (Å²) in [4.78, 5) is 3.98. The van der Waals surface area contributed by atoms with E-state index in [9.17, 15) is 0 Å². The Hall–Kier alpha value is -0.850. The first kappa shape index (κ1) is 14.7. The van der Waals surface area contributed by atoms with Gasteiger partial charge in [0.15, 0.2) is 0 Å². The Morgan fingerprint density at radius 1 is 1.00 bits per heavy atom. The molecule has 0 atom stereocenters. The van der Waals surface area contributed by atoms with Crippen LogP contribution >= 0.6 is 0 Å². The van der Waals surface area contributed by atoms with Crippen molar-refractivity contribution in [1.82, 2.24) is 4.98 Å². The van der Waals surface area contributed by atoms with E-state index in [0.29, 0.717) is 0 Å². The van der Waals surface area contributed by atoms with Gasteiger partial charge >= 0.3 is 0 Å². The van der Waals surface area contributed by atoms with Crippen LogP contribution in [-0.4, -0.2) is 4.98 Å². The quantitative estimate of drug-likeness (QED) is 0.586. The van der Waals surface area contributed by atoms with E-state index in [2.05, 4.69) is 24.9 Å². The largest absolute Gasteiger partial charge is 0.264 e. The van der Waals surface area contributed by atoms with Gasteiger partial charge in [-0.3, -0.25) is 4.98 Å². The molecular formula is C12H23N. The predicted octanol–water partition coefficient (Wildman–Crippen LogP) is 4.14. The Kier molecular flexibility index (Phi) is 12.6. The summed E-state index contributed by atoms with van der Waals surface area (Å²) in [6.45, 7) is 12.3. The Labute approximate surface area is 83.2 Å². The lowest BCUT2D eigenvalue weighted by atomic mass is 10.2. The third kappa shape index (κ3) is 11.1. The SMILES string of the molecule is CC.CCC.Cc1cncc(C)c1. The second-order valence-electron chi connectivity index (χ2n) is 2.75. The molecule has 76 valence electrons. The van der Waals surface area contributed by atoms with E-state index in [1.807, 2.05) is 40.1 Å². The van der Waals surface area contributed by atoms with Gasteiger partial charge < -0.3 is 0 Å². The van der Waals surface area contributed by atoms with Crippen molar-refractivity contribution in [3.05, 3.63) is 29.6 Å². The Morgan fingerprint density at radius 3 is 1.46 bits per heavy atom. The molecule has 1 heteroatoms. The highest BCUT2D eigenvalue weighted by atomic mass is 14.6. The maximum atomic E-state index is 3.98. The first-order valence-electron chi connectivity index (χ1n) is 5.09. The molecule has 0 fully saturated rings. The lowest BCUT2D eigenvalue weighted by Crippen LogP contribution is -1.76. The van der Waals surface area contributed by atoms with Crippen molar-refractivity contribution in [1.29, 1.82) is 0 Å². The van der Waals surface area contributed by atoms with Gasteiger partial charge in [-0.1, -0.05) is 40.2 Å². The monoisotopic (exact) mass is 181 g/mol. The summed E-state index contributed by atoms with van der Waals surface area (Å²) >= 11 is 0. The molecule has 0 amide bonds. The van der Waals surface area contributed by atoms with E-state index in [-0.39, 0.29) is 0 Å². The van der Waals surface area contributed by atoms with Crippen molar-refractivity contribution in [2.75, 3.05) is 0 Å². The summed E-state index contributed by atoms with van der Waals surface area (Å²) in [7, 11) is 0. The van der Waals surface area contributed by atoms with Crippen LogP contribution in [0, 0.1) is 13.8 Å². The fraction of sp³-hybridized carbons (Fsp3) is 0.583. The van der Waals surface area contributed by atoms with Gasteiger partial charge in [0.25, 0.3) is 0 Å². The zero-order valence-corrected chi connectivity index (χ0v) is 9.89. The zero-order chi connectivity index (χ0) is 10.7. The van der Waals surface area contributed by atoms with Gasteiger partial charge in [0.05, 0.1) is 0 Å². The molecule has 0 saturated carbocycles. The maximum Gasteiger partial charge on any atom is 0.0297 e. The molecule has 0 aliphatic carbocycles. The maximum absolute atomic E-state index is 3.98. The van der Waals surface area contributed by atoms with Crippen molar-refractivity contribution in [2.24, 2.45) is 0 Å². The number of rotatable bonds is 0. The van der Waals surface area contributed by atoms with E-state index >= 15 is 0 Å². The zero-order valence-electron chi connectivity index (χ0n) is 9.89. The Bertz CT molecular complexity index is 177. The fourth-order valence-corrected chi connectivity index (χ4v) is 0.706. The van der Waals surface area contributed by atoms with E-state index < -0.39 is 0 Å². The second kappa shape index (κ2) is 11.2. The van der Waals surface area contributed by atoms with Gasteiger partial charge in [0.1, 0.15) is 0 Å². The molecule has 0 aliphatic rings. The first-order valence-corrected chi connectivity index (χ1v) is 5.09. The number of pyridine rings is 1. The Balaban J connectivity index is 0. The molecule has 1 rings (SSSR count). The molecule has 0 radical (unpaired) electrons. The summed E-state index contributed by atoms with van der Waals surface area (Å²) < 4.78 is 0. The number of nitrogens with zero attached hydrogens (tertiary/aromatic N) is 1. The highest BCUT2D eigenvalue weighted by Crippen LogP contribution is 1.96. The summed E-state index contributed by atoms with van der Waals surface area (Å²) in [5.74, 6) is 0. The molecule has 1 nitrogen and oxygen atoms in total. The molecule has 0 unspecified atom stereocenters. The number of aromatic nitrogens is 1. The minimum absolute atomic E-state index is 1.23. The molecule has 1 aromatic rings. The van der Waals surface area contributed by atoms with E-state index in [1.54, 1.807) is 0 Å². The van der Waals surface area contributed by atoms with Crippen molar-refractivity contribution < 1.29 is 0 Å². The molecule has 0 aromatic carbocycles. The molecule has 1 heterocycles. The average molecular weight is 181 g/mol. The van der Waals surface area contributed by atoms with Crippen LogP contribution in [0.2, 0.25) is 0 Å². The number of hydrogen-bond acceptors (Lipinski definition) is 1. The van der Waals surface area contributed by atoms with Crippen LogP contribution in [0.1, 0.15) is 45.2 Å². The predicted molar refractivity (Wildman–Crippen MR) is 61.0 cm³/mol. The van der Waals surface area contributed by atoms with Gasteiger partial charge in [-0.2, -0.15) is 0 Å². The van der Waals surface area contributed by atoms with Gasteiger partial charge in [0.2, 0.25) is 0 Å². The Morgan fingerprint density at radius 2 is 1.31 bits per heavy atom. The topological polar surface area (TPSA) is 12.9 Å². The fourth-order valence-electron chi connectivity index (χ4n) is 0.706. The highest BCUT2D eigenvalue weighted by molar-refractivity contribution is 5.14. The van der Waals surface area contributed by atoms with Crippen LogP contribution in [0.5, 0.6) is 0 Å². The molecular weight excluding hydrogens is 158 g/mol. The van der Waals surface area contributed by atoms with E-state index in [0.717, 1.165) is 0 Å². The lowest BCUT2D eigenvalue weighted by molar-refractivity contribution is 1.09. The summed E-state index contributed by atoms with van der Waals surface area (Å²) in [5, 5.41) is 0. The van der Waals surface area contributed by atoms with Crippen molar-refractivity contribution in [2.45, 2.75) is 48.0 Å². The minimum atomic E-state index is 1.23. The standard InChI is InChI=1S/C7H9N.C3H8.C2H6/c1-6-3-7(2)5-8-4-6;1-3-2;1-2/h3-5H,1-2H3;3H2,1-2H3;1-2H3. The van der Waals surface area contributed by atoms with E-state index in [1.165, 1.54) is 17.5 Å². The van der Waals surface area contributed by atoms with Crippen LogP contribution in [-0.2, 0) is 0 Å². The van der Waals surface area contributed by atoms with Crippen LogP contribution in [0.25, 0.3) is 0 Å². The lowest BCUT2D eigenvalue weighted by Gasteiger charge is -1.89. The number of hydrogen-bond donors (Lipinski definition) is 0. The molecule has 13 heavy (non-hydrogen) atoms. The van der Waals surface area contributed by atoms with Crippen LogP contribution in [0.15, 0.2) is 18.5 Å². The summed E-state index contributed by atoms with van der Waals surface area (Å²) in [5.41, 5.74) is 2.45. The number of aryl methyl sites for hydroxylation is 2. The van der Waals surface area contributed by atoms with Crippen molar-refractivity contribution in [3.8, 4) is 0 Å². The third-order valence-corrected chi connectivity index (χ3v) is 1.01. The normalized spacial score (nSPS) is 7.54. The smallest absolute Gasteiger partial charge is 0.0297 e. The molecule has 1 aromatic heterocycles. The van der Waals surface area contributed by atoms with Crippen molar-refractivity contribution >= 4 is 0 Å². The van der Waals surface area contributed by atoms with Gasteiger partial charge in [-0.05, 0) is 25.0 Å². The molecule has 0 bridgehead atoms. The summed E-state index contributed by atoms with van der Waals surface area (Å²) in [6.07, 6.45) is 4.96. The average Bonchev–Trinajstić information content (AvgIpc) is 2.08. The van der Waals surface area contributed by atoms with E-state index in [4.69, 9.17) is 0 Å². The minimum Gasteiger partial charge on any atom is -0.264 e. The summed E-state index contributed by atoms with van der Waals surface area (Å²) in [6, 6.07) is 2.10. The highest BCUT2D eigenvalue weighted by Gasteiger charge is 1.81. The second-order valence-corrected chi connectivity index (χ2v) is 2.75. The van der Waals surface area contributed by atoms with Crippen LogP contribution < -0.4 is 0 Å². The van der Waals surface area contributed by atoms with Crippen molar-refractivity contribution in [3.63, 3.8) is 0 Å². The molecule has 0 aliphatic heterocycles. The van der Waals surface area contributed by atoms with Crippen LogP contribution in [0.4, 0.5) is 0 Å². The molecule has 0 saturated heterocycles.